The Hall–Kier alpha value is -2.17. The van der Waals surface area contributed by atoms with Gasteiger partial charge in [-0.1, -0.05) is 0 Å². The first kappa shape index (κ1) is 8.43. The molecule has 1 aliphatic heterocycles. The molecule has 0 aromatic heterocycles. The van der Waals surface area contributed by atoms with Gasteiger partial charge in [0.25, 0.3) is 0 Å². The van der Waals surface area contributed by atoms with Gasteiger partial charge in [0, 0.05) is 12.3 Å². The molecule has 0 radical (unpaired) electrons. The minimum absolute atomic E-state index is 0.252. The molecule has 0 fully saturated rings. The maximum Gasteiger partial charge on any atom is 0.511 e. The van der Waals surface area contributed by atoms with E-state index in [4.69, 9.17) is 9.84 Å². The van der Waals surface area contributed by atoms with E-state index in [0.29, 0.717) is 11.4 Å². The summed E-state index contributed by atoms with van der Waals surface area (Å²) in [6, 6.07) is 4.70. The highest BCUT2D eigenvalue weighted by Crippen LogP contribution is 2.31. The Balaban J connectivity index is 2.27. The van der Waals surface area contributed by atoms with Crippen molar-refractivity contribution in [1.82, 2.24) is 0 Å². The number of hydrogen-bond donors (Lipinski definition) is 2. The van der Waals surface area contributed by atoms with Crippen LogP contribution in [0.4, 0.5) is 10.5 Å². The van der Waals surface area contributed by atoms with Crippen molar-refractivity contribution in [1.29, 1.82) is 0 Å². The lowest BCUT2D eigenvalue weighted by molar-refractivity contribution is 0.144. The van der Waals surface area contributed by atoms with Crippen LogP contribution in [0.2, 0.25) is 0 Å². The lowest BCUT2D eigenvalue weighted by Gasteiger charge is -2.13. The Morgan fingerprint density at radius 1 is 1.50 bits per heavy atom. The van der Waals surface area contributed by atoms with Crippen molar-refractivity contribution < 1.29 is 19.4 Å². The summed E-state index contributed by atoms with van der Waals surface area (Å²) in [6.07, 6.45) is 1.77. The first-order valence-electron chi connectivity index (χ1n) is 3.89. The molecule has 0 atom stereocenters. The molecule has 1 aliphatic rings. The van der Waals surface area contributed by atoms with Crippen LogP contribution >= 0.6 is 0 Å². The summed E-state index contributed by atoms with van der Waals surface area (Å²) in [5.74, 6) is 0.882. The molecule has 1 heterocycles. The number of benzene rings is 1. The van der Waals surface area contributed by atoms with Gasteiger partial charge in [0.05, 0.1) is 5.69 Å². The number of carboxylic acid groups (broad SMARTS) is 1. The molecule has 0 spiro atoms. The van der Waals surface area contributed by atoms with Gasteiger partial charge in [-0.3, -0.25) is 0 Å². The third-order valence-corrected chi connectivity index (χ3v) is 1.66. The molecule has 0 unspecified atom stereocenters. The average molecular weight is 193 g/mol. The smallest absolute Gasteiger partial charge is 0.461 e. The van der Waals surface area contributed by atoms with Crippen molar-refractivity contribution in [2.75, 3.05) is 5.32 Å². The quantitative estimate of drug-likeness (QED) is 0.527. The molecule has 2 rings (SSSR count). The van der Waals surface area contributed by atoms with E-state index in [1.54, 1.807) is 18.3 Å². The van der Waals surface area contributed by atoms with Crippen LogP contribution in [0, 0.1) is 0 Å². The van der Waals surface area contributed by atoms with Crippen molar-refractivity contribution >= 4 is 11.8 Å². The van der Waals surface area contributed by atoms with Crippen molar-refractivity contribution in [2.45, 2.75) is 0 Å². The van der Waals surface area contributed by atoms with E-state index in [0.717, 1.165) is 0 Å². The SMILES string of the molecule is O=C(O)Oc1ccc2c(c1)NC=CO2. The molecule has 72 valence electrons. The van der Waals surface area contributed by atoms with E-state index in [9.17, 15) is 4.79 Å². The molecule has 5 heteroatoms. The lowest BCUT2D eigenvalue weighted by Crippen LogP contribution is -2.04. The number of carbonyl (C=O) groups is 1. The normalized spacial score (nSPS) is 12.3. The van der Waals surface area contributed by atoms with Gasteiger partial charge in [-0.25, -0.2) is 4.79 Å². The summed E-state index contributed by atoms with van der Waals surface area (Å²) in [5, 5.41) is 11.3. The number of ether oxygens (including phenoxy) is 2. The van der Waals surface area contributed by atoms with Crippen LogP contribution in [0.25, 0.3) is 0 Å². The molecule has 0 bridgehead atoms. The van der Waals surface area contributed by atoms with E-state index in [2.05, 4.69) is 10.1 Å². The molecule has 1 aromatic rings. The standard InChI is InChI=1S/C9H7NO4/c11-9(12)14-6-1-2-8-7(5-6)10-3-4-13-8/h1-5,10H,(H,11,12). The van der Waals surface area contributed by atoms with E-state index in [1.807, 2.05) is 0 Å². The van der Waals surface area contributed by atoms with Crippen molar-refractivity contribution in [3.63, 3.8) is 0 Å². The largest absolute Gasteiger partial charge is 0.511 e. The van der Waals surface area contributed by atoms with Crippen LogP contribution in [0.15, 0.2) is 30.7 Å². The van der Waals surface area contributed by atoms with Crippen LogP contribution in [-0.4, -0.2) is 11.3 Å². The van der Waals surface area contributed by atoms with Crippen LogP contribution < -0.4 is 14.8 Å². The predicted molar refractivity (Wildman–Crippen MR) is 48.5 cm³/mol. The summed E-state index contributed by atoms with van der Waals surface area (Å²) < 4.78 is 9.61. The fourth-order valence-corrected chi connectivity index (χ4v) is 1.12. The minimum Gasteiger partial charge on any atom is -0.461 e. The maximum atomic E-state index is 10.2. The second-order valence-corrected chi connectivity index (χ2v) is 2.59. The Kier molecular flexibility index (Phi) is 1.98. The maximum absolute atomic E-state index is 10.2. The van der Waals surface area contributed by atoms with Crippen LogP contribution in [0.1, 0.15) is 0 Å². The van der Waals surface area contributed by atoms with E-state index >= 15 is 0 Å². The molecule has 2 N–H and O–H groups in total. The van der Waals surface area contributed by atoms with Crippen molar-refractivity contribution in [3.05, 3.63) is 30.7 Å². The van der Waals surface area contributed by atoms with Gasteiger partial charge in [-0.2, -0.15) is 0 Å². The van der Waals surface area contributed by atoms with Gasteiger partial charge >= 0.3 is 6.16 Å². The molecular formula is C9H7NO4. The predicted octanol–water partition coefficient (Wildman–Crippen LogP) is 2.02. The number of nitrogens with one attached hydrogen (secondary N) is 1. The monoisotopic (exact) mass is 193 g/mol. The van der Waals surface area contributed by atoms with Crippen LogP contribution in [0.5, 0.6) is 11.5 Å². The third kappa shape index (κ3) is 1.61. The van der Waals surface area contributed by atoms with Gasteiger partial charge in [-0.15, -0.1) is 0 Å². The lowest BCUT2D eigenvalue weighted by atomic mass is 10.2. The van der Waals surface area contributed by atoms with Gasteiger partial charge < -0.3 is 19.9 Å². The molecule has 14 heavy (non-hydrogen) atoms. The van der Waals surface area contributed by atoms with Gasteiger partial charge in [0.15, 0.2) is 0 Å². The Morgan fingerprint density at radius 2 is 2.36 bits per heavy atom. The number of anilines is 1. The summed E-state index contributed by atoms with van der Waals surface area (Å²) in [5.41, 5.74) is 0.672. The van der Waals surface area contributed by atoms with Crippen molar-refractivity contribution in [2.24, 2.45) is 0 Å². The second-order valence-electron chi connectivity index (χ2n) is 2.59. The average Bonchev–Trinajstić information content (AvgIpc) is 2.17. The molecule has 0 aliphatic carbocycles. The summed E-state index contributed by atoms with van der Waals surface area (Å²) in [7, 11) is 0. The van der Waals surface area contributed by atoms with E-state index in [1.165, 1.54) is 12.3 Å². The highest BCUT2D eigenvalue weighted by atomic mass is 16.7. The molecule has 0 saturated heterocycles. The zero-order chi connectivity index (χ0) is 9.97. The zero-order valence-electron chi connectivity index (χ0n) is 7.06. The zero-order valence-corrected chi connectivity index (χ0v) is 7.06. The Bertz CT molecular complexity index is 400. The first-order valence-corrected chi connectivity index (χ1v) is 3.89. The van der Waals surface area contributed by atoms with Gasteiger partial charge in [-0.05, 0) is 12.1 Å². The van der Waals surface area contributed by atoms with Gasteiger partial charge in [0.2, 0.25) is 0 Å². The molecule has 1 aromatic carbocycles. The Labute approximate surface area is 79.6 Å². The highest BCUT2D eigenvalue weighted by molar-refractivity contribution is 5.66. The van der Waals surface area contributed by atoms with E-state index < -0.39 is 6.16 Å². The van der Waals surface area contributed by atoms with Crippen LogP contribution in [-0.2, 0) is 0 Å². The topological polar surface area (TPSA) is 67.8 Å². The molecule has 0 amide bonds. The minimum atomic E-state index is -1.34. The summed E-state index contributed by atoms with van der Waals surface area (Å²) >= 11 is 0. The second kappa shape index (κ2) is 3.29. The fourth-order valence-electron chi connectivity index (χ4n) is 1.12. The van der Waals surface area contributed by atoms with Crippen LogP contribution in [0.3, 0.4) is 0 Å². The first-order chi connectivity index (χ1) is 6.75. The van der Waals surface area contributed by atoms with E-state index in [-0.39, 0.29) is 5.75 Å². The molecule has 5 nitrogen and oxygen atoms in total. The summed E-state index contributed by atoms with van der Waals surface area (Å²) in [6.45, 7) is 0. The van der Waals surface area contributed by atoms with Crippen molar-refractivity contribution in [3.8, 4) is 11.5 Å². The Morgan fingerprint density at radius 3 is 3.14 bits per heavy atom. The number of hydrogen-bond acceptors (Lipinski definition) is 4. The fraction of sp³-hybridized carbons (Fsp3) is 0. The summed E-state index contributed by atoms with van der Waals surface area (Å²) in [4.78, 5) is 10.2. The third-order valence-electron chi connectivity index (χ3n) is 1.66. The van der Waals surface area contributed by atoms with Gasteiger partial charge in [0.1, 0.15) is 17.8 Å². The number of rotatable bonds is 1. The molecular weight excluding hydrogens is 186 g/mol. The highest BCUT2D eigenvalue weighted by Gasteiger charge is 2.08. The number of fused-ring (bicyclic) bond motifs is 1. The molecule has 0 saturated carbocycles.